The van der Waals surface area contributed by atoms with Crippen molar-refractivity contribution in [3.63, 3.8) is 0 Å². The van der Waals surface area contributed by atoms with E-state index in [-0.39, 0.29) is 6.03 Å². The van der Waals surface area contributed by atoms with Gasteiger partial charge in [0.05, 0.1) is 6.04 Å². The predicted molar refractivity (Wildman–Crippen MR) is 59.8 cm³/mol. The number of rotatable bonds is 1. The Bertz CT molecular complexity index is 256. The Balaban J connectivity index is 2.01. The van der Waals surface area contributed by atoms with Crippen LogP contribution in [0, 0.1) is 5.92 Å². The number of piperidine rings is 1. The molecule has 2 unspecified atom stereocenters. The lowest BCUT2D eigenvalue weighted by Gasteiger charge is -2.35. The molecule has 2 fully saturated rings. The molecule has 0 aromatic heterocycles. The lowest BCUT2D eigenvalue weighted by atomic mass is 9.90. The van der Waals surface area contributed by atoms with E-state index in [0.717, 1.165) is 13.1 Å². The molecule has 0 bridgehead atoms. The largest absolute Gasteiger partial charge is 0.326 e. The zero-order valence-electron chi connectivity index (χ0n) is 9.94. The van der Waals surface area contributed by atoms with Gasteiger partial charge in [-0.05, 0) is 32.4 Å². The molecule has 4 heteroatoms. The van der Waals surface area contributed by atoms with Gasteiger partial charge in [0.25, 0.3) is 0 Å². The summed E-state index contributed by atoms with van der Waals surface area (Å²) in [5.74, 6) is 0.655. The topological polar surface area (TPSA) is 26.8 Å². The molecule has 2 atom stereocenters. The first kappa shape index (κ1) is 10.7. The average Bonchev–Trinajstić information content (AvgIpc) is 2.46. The highest BCUT2D eigenvalue weighted by atomic mass is 16.2. The van der Waals surface area contributed by atoms with Crippen molar-refractivity contribution in [2.24, 2.45) is 5.92 Å². The molecule has 15 heavy (non-hydrogen) atoms. The summed E-state index contributed by atoms with van der Waals surface area (Å²) in [6, 6.07) is 0.596. The third kappa shape index (κ3) is 1.95. The summed E-state index contributed by atoms with van der Waals surface area (Å²) in [7, 11) is 6.00. The first-order valence-electron chi connectivity index (χ1n) is 5.76. The Morgan fingerprint density at radius 3 is 2.47 bits per heavy atom. The molecule has 2 heterocycles. The van der Waals surface area contributed by atoms with Gasteiger partial charge in [-0.2, -0.15) is 0 Å². The molecule has 0 aromatic rings. The summed E-state index contributed by atoms with van der Waals surface area (Å²) in [4.78, 5) is 17.8. The van der Waals surface area contributed by atoms with Crippen molar-refractivity contribution >= 4 is 6.03 Å². The second-order valence-electron chi connectivity index (χ2n) is 5.01. The zero-order valence-corrected chi connectivity index (χ0v) is 9.94. The van der Waals surface area contributed by atoms with Crippen molar-refractivity contribution in [2.45, 2.75) is 18.9 Å². The van der Waals surface area contributed by atoms with Gasteiger partial charge in [-0.3, -0.25) is 0 Å². The molecule has 0 N–H and O–H groups in total. The van der Waals surface area contributed by atoms with E-state index in [2.05, 4.69) is 11.9 Å². The van der Waals surface area contributed by atoms with E-state index in [9.17, 15) is 4.79 Å². The molecule has 2 amide bonds. The Labute approximate surface area is 91.8 Å². The van der Waals surface area contributed by atoms with E-state index >= 15 is 0 Å². The van der Waals surface area contributed by atoms with Crippen molar-refractivity contribution in [2.75, 3.05) is 40.8 Å². The van der Waals surface area contributed by atoms with Crippen LogP contribution in [0.3, 0.4) is 0 Å². The van der Waals surface area contributed by atoms with Gasteiger partial charge >= 0.3 is 6.03 Å². The van der Waals surface area contributed by atoms with Crippen LogP contribution in [0.15, 0.2) is 0 Å². The van der Waals surface area contributed by atoms with Crippen LogP contribution >= 0.6 is 0 Å². The fourth-order valence-corrected chi connectivity index (χ4v) is 2.88. The van der Waals surface area contributed by atoms with Gasteiger partial charge in [0, 0.05) is 27.2 Å². The van der Waals surface area contributed by atoms with E-state index in [4.69, 9.17) is 0 Å². The van der Waals surface area contributed by atoms with Crippen molar-refractivity contribution < 1.29 is 4.79 Å². The van der Waals surface area contributed by atoms with Gasteiger partial charge in [-0.15, -0.1) is 0 Å². The van der Waals surface area contributed by atoms with Crippen molar-refractivity contribution in [3.05, 3.63) is 0 Å². The molecule has 0 aromatic carbocycles. The molecular weight excluding hydrogens is 190 g/mol. The summed E-state index contributed by atoms with van der Waals surface area (Å²) in [6.45, 7) is 3.24. The fraction of sp³-hybridized carbons (Fsp3) is 0.909. The summed E-state index contributed by atoms with van der Waals surface area (Å²) in [6.07, 6.45) is 2.53. The van der Waals surface area contributed by atoms with Crippen LogP contribution in [0.2, 0.25) is 0 Å². The van der Waals surface area contributed by atoms with Crippen LogP contribution in [-0.2, 0) is 0 Å². The maximum Gasteiger partial charge on any atom is 0.319 e. The molecule has 0 spiro atoms. The summed E-state index contributed by atoms with van der Waals surface area (Å²) >= 11 is 0. The summed E-state index contributed by atoms with van der Waals surface area (Å²) in [5, 5.41) is 0. The molecule has 2 saturated heterocycles. The van der Waals surface area contributed by atoms with Crippen LogP contribution in [0.25, 0.3) is 0 Å². The van der Waals surface area contributed by atoms with Crippen LogP contribution in [0.5, 0.6) is 0 Å². The lowest BCUT2D eigenvalue weighted by molar-refractivity contribution is 0.141. The Kier molecular flexibility index (Phi) is 2.87. The minimum atomic E-state index is 0.174. The summed E-state index contributed by atoms with van der Waals surface area (Å²) in [5.41, 5.74) is 0. The Morgan fingerprint density at radius 1 is 1.20 bits per heavy atom. The van der Waals surface area contributed by atoms with E-state index < -0.39 is 0 Å². The number of carbonyl (C=O) groups is 1. The number of hydrogen-bond acceptors (Lipinski definition) is 2. The first-order valence-corrected chi connectivity index (χ1v) is 5.76. The normalized spacial score (nSPS) is 33.9. The minimum Gasteiger partial charge on any atom is -0.326 e. The van der Waals surface area contributed by atoms with Crippen molar-refractivity contribution in [1.82, 2.24) is 14.7 Å². The minimum absolute atomic E-state index is 0.174. The quantitative estimate of drug-likeness (QED) is 0.638. The number of hydrogen-bond donors (Lipinski definition) is 0. The van der Waals surface area contributed by atoms with E-state index in [1.54, 1.807) is 0 Å². The highest BCUT2D eigenvalue weighted by Crippen LogP contribution is 2.26. The zero-order chi connectivity index (χ0) is 11.0. The number of carbonyl (C=O) groups excluding carboxylic acids is 1. The van der Waals surface area contributed by atoms with E-state index in [1.807, 2.05) is 23.9 Å². The number of urea groups is 1. The third-order valence-electron chi connectivity index (χ3n) is 3.79. The first-order chi connectivity index (χ1) is 7.09. The third-order valence-corrected chi connectivity index (χ3v) is 3.79. The number of likely N-dealkylation sites (tertiary alicyclic amines) is 1. The SMILES string of the molecule is CN1CCCC(C2CN(C)C(=O)N2C)C1. The Morgan fingerprint density at radius 2 is 1.93 bits per heavy atom. The number of likely N-dealkylation sites (N-methyl/N-ethyl adjacent to an activating group) is 2. The van der Waals surface area contributed by atoms with Crippen molar-refractivity contribution in [3.8, 4) is 0 Å². The van der Waals surface area contributed by atoms with Gasteiger partial charge in [-0.25, -0.2) is 4.79 Å². The molecule has 0 radical (unpaired) electrons. The van der Waals surface area contributed by atoms with Gasteiger partial charge in [-0.1, -0.05) is 0 Å². The molecule has 2 aliphatic heterocycles. The van der Waals surface area contributed by atoms with Crippen LogP contribution < -0.4 is 0 Å². The average molecular weight is 211 g/mol. The van der Waals surface area contributed by atoms with Crippen LogP contribution in [0.4, 0.5) is 4.79 Å². The van der Waals surface area contributed by atoms with Crippen LogP contribution in [0.1, 0.15) is 12.8 Å². The van der Waals surface area contributed by atoms with Crippen molar-refractivity contribution in [1.29, 1.82) is 0 Å². The van der Waals surface area contributed by atoms with Gasteiger partial charge in [0.15, 0.2) is 0 Å². The smallest absolute Gasteiger partial charge is 0.319 e. The molecule has 0 aliphatic carbocycles. The highest BCUT2D eigenvalue weighted by molar-refractivity contribution is 5.76. The molecule has 2 aliphatic rings. The van der Waals surface area contributed by atoms with Crippen LogP contribution in [-0.4, -0.2) is 67.5 Å². The second-order valence-corrected chi connectivity index (χ2v) is 5.01. The standard InChI is InChI=1S/C11H21N3O/c1-12-6-4-5-9(7-12)10-8-13(2)11(15)14(10)3/h9-10H,4-8H2,1-3H3. The maximum atomic E-state index is 11.7. The van der Waals surface area contributed by atoms with Gasteiger partial charge in [0.2, 0.25) is 0 Å². The molecule has 0 saturated carbocycles. The second kappa shape index (κ2) is 4.00. The maximum absolute atomic E-state index is 11.7. The predicted octanol–water partition coefficient (Wildman–Crippen LogP) is 0.694. The molecular formula is C11H21N3O. The lowest BCUT2D eigenvalue weighted by Crippen LogP contribution is -2.44. The van der Waals surface area contributed by atoms with Gasteiger partial charge < -0.3 is 14.7 Å². The van der Waals surface area contributed by atoms with E-state index in [0.29, 0.717) is 12.0 Å². The highest BCUT2D eigenvalue weighted by Gasteiger charge is 2.38. The fourth-order valence-electron chi connectivity index (χ4n) is 2.88. The van der Waals surface area contributed by atoms with E-state index in [1.165, 1.54) is 19.4 Å². The molecule has 2 rings (SSSR count). The number of nitrogens with zero attached hydrogens (tertiary/aromatic N) is 3. The molecule has 86 valence electrons. The monoisotopic (exact) mass is 211 g/mol. The number of amides is 2. The van der Waals surface area contributed by atoms with Gasteiger partial charge in [0.1, 0.15) is 0 Å². The molecule has 4 nitrogen and oxygen atoms in total. The summed E-state index contributed by atoms with van der Waals surface area (Å²) < 4.78 is 0. The Hall–Kier alpha value is -0.770.